The van der Waals surface area contributed by atoms with Gasteiger partial charge in [0.25, 0.3) is 0 Å². The summed E-state index contributed by atoms with van der Waals surface area (Å²) in [5, 5.41) is 0.995. The van der Waals surface area contributed by atoms with Gasteiger partial charge in [-0.3, -0.25) is 4.79 Å². The van der Waals surface area contributed by atoms with Crippen LogP contribution in [-0.2, 0) is 0 Å². The highest BCUT2D eigenvalue weighted by molar-refractivity contribution is 6.00. The molecular formula is C23H26N2O2. The van der Waals surface area contributed by atoms with Crippen molar-refractivity contribution in [2.24, 2.45) is 5.92 Å². The Bertz CT molecular complexity index is 936. The minimum atomic E-state index is 0.157. The second kappa shape index (κ2) is 7.95. The van der Waals surface area contributed by atoms with Gasteiger partial charge < -0.3 is 9.30 Å². The first-order valence-corrected chi connectivity index (χ1v) is 9.92. The van der Waals surface area contributed by atoms with Gasteiger partial charge in [0.1, 0.15) is 11.4 Å². The van der Waals surface area contributed by atoms with Gasteiger partial charge in [0.05, 0.1) is 12.8 Å². The summed E-state index contributed by atoms with van der Waals surface area (Å²) in [6.45, 7) is 0. The summed E-state index contributed by atoms with van der Waals surface area (Å²) >= 11 is 0. The quantitative estimate of drug-likeness (QED) is 0.569. The number of fused-ring (bicyclic) bond motifs is 1. The summed E-state index contributed by atoms with van der Waals surface area (Å²) in [4.78, 5) is 17.6. The van der Waals surface area contributed by atoms with Crippen molar-refractivity contribution < 1.29 is 9.53 Å². The predicted molar refractivity (Wildman–Crippen MR) is 108 cm³/mol. The number of carbonyl (C=O) groups is 1. The van der Waals surface area contributed by atoms with Crippen molar-refractivity contribution in [3.05, 3.63) is 54.4 Å². The lowest BCUT2D eigenvalue weighted by atomic mass is 9.86. The van der Waals surface area contributed by atoms with Crippen molar-refractivity contribution in [3.63, 3.8) is 0 Å². The highest BCUT2D eigenvalue weighted by Gasteiger charge is 2.21. The van der Waals surface area contributed by atoms with E-state index in [4.69, 9.17) is 4.74 Å². The van der Waals surface area contributed by atoms with Gasteiger partial charge >= 0.3 is 0 Å². The normalized spacial score (nSPS) is 16.0. The Morgan fingerprint density at radius 3 is 2.63 bits per heavy atom. The molecule has 4 rings (SSSR count). The number of benzene rings is 1. The maximum atomic E-state index is 13.0. The van der Waals surface area contributed by atoms with Gasteiger partial charge in [0.15, 0.2) is 5.78 Å². The minimum Gasteiger partial charge on any atom is -0.497 e. The molecule has 27 heavy (non-hydrogen) atoms. The lowest BCUT2D eigenvalue weighted by Gasteiger charge is -2.18. The number of ketones is 1. The number of hydrogen-bond donors (Lipinski definition) is 0. The van der Waals surface area contributed by atoms with Crippen molar-refractivity contribution in [2.45, 2.75) is 44.9 Å². The number of nitrogens with zero attached hydrogens (tertiary/aromatic N) is 2. The van der Waals surface area contributed by atoms with Crippen LogP contribution in [0.5, 0.6) is 5.75 Å². The van der Waals surface area contributed by atoms with E-state index in [1.165, 1.54) is 19.3 Å². The summed E-state index contributed by atoms with van der Waals surface area (Å²) in [5.41, 5.74) is 2.60. The van der Waals surface area contributed by atoms with E-state index in [0.29, 0.717) is 0 Å². The number of carbonyl (C=O) groups excluding carboxylic acids is 1. The van der Waals surface area contributed by atoms with Crippen molar-refractivity contribution in [1.82, 2.24) is 9.55 Å². The number of rotatable bonds is 4. The molecule has 0 bridgehead atoms. The van der Waals surface area contributed by atoms with Gasteiger partial charge in [-0.25, -0.2) is 4.98 Å². The van der Waals surface area contributed by atoms with E-state index in [1.54, 1.807) is 13.3 Å². The fourth-order valence-corrected chi connectivity index (χ4v) is 4.08. The average molecular weight is 362 g/mol. The Hall–Kier alpha value is -2.62. The van der Waals surface area contributed by atoms with Crippen molar-refractivity contribution in [1.29, 1.82) is 0 Å². The topological polar surface area (TPSA) is 44.1 Å². The number of hydrogen-bond acceptors (Lipinski definition) is 3. The van der Waals surface area contributed by atoms with Crippen LogP contribution in [0.3, 0.4) is 0 Å². The van der Waals surface area contributed by atoms with Gasteiger partial charge in [0, 0.05) is 35.3 Å². The molecule has 1 aliphatic carbocycles. The molecule has 0 saturated heterocycles. The smallest absolute Gasteiger partial charge is 0.167 e. The first kappa shape index (κ1) is 17.8. The van der Waals surface area contributed by atoms with E-state index in [9.17, 15) is 4.79 Å². The Labute approximate surface area is 160 Å². The molecule has 140 valence electrons. The van der Waals surface area contributed by atoms with Gasteiger partial charge in [-0.2, -0.15) is 0 Å². The maximum Gasteiger partial charge on any atom is 0.167 e. The molecule has 0 atom stereocenters. The number of aromatic nitrogens is 2. The third-order valence-electron chi connectivity index (χ3n) is 5.62. The summed E-state index contributed by atoms with van der Waals surface area (Å²) in [7, 11) is 1.67. The number of ether oxygens (including phenoxy) is 1. The van der Waals surface area contributed by atoms with E-state index in [2.05, 4.69) is 4.98 Å². The number of Topliss-reactive ketones (excluding diaryl/α,β-unsaturated/α-hetero) is 1. The third kappa shape index (κ3) is 3.75. The first-order chi connectivity index (χ1) is 13.3. The maximum absolute atomic E-state index is 13.0. The molecule has 1 saturated carbocycles. The van der Waals surface area contributed by atoms with Crippen LogP contribution in [-0.4, -0.2) is 22.4 Å². The summed E-state index contributed by atoms with van der Waals surface area (Å²) in [6.07, 6.45) is 11.9. The molecule has 0 spiro atoms. The lowest BCUT2D eigenvalue weighted by molar-refractivity contribution is 0.0898. The molecule has 4 nitrogen and oxygen atoms in total. The molecule has 2 aromatic heterocycles. The summed E-state index contributed by atoms with van der Waals surface area (Å²) in [5.74, 6) is 1.23. The molecule has 0 radical (unpaired) electrons. The number of methoxy groups -OCH3 is 1. The van der Waals surface area contributed by atoms with E-state index >= 15 is 0 Å². The Morgan fingerprint density at radius 1 is 1.07 bits per heavy atom. The van der Waals surface area contributed by atoms with Crippen molar-refractivity contribution >= 4 is 16.8 Å². The molecule has 1 fully saturated rings. The molecule has 0 aliphatic heterocycles. The Morgan fingerprint density at radius 2 is 1.85 bits per heavy atom. The lowest BCUT2D eigenvalue weighted by Crippen LogP contribution is -2.16. The van der Waals surface area contributed by atoms with Crippen LogP contribution >= 0.6 is 0 Å². The van der Waals surface area contributed by atoms with E-state index in [-0.39, 0.29) is 11.7 Å². The summed E-state index contributed by atoms with van der Waals surface area (Å²) in [6, 6.07) is 11.9. The number of pyridine rings is 1. The van der Waals surface area contributed by atoms with Crippen LogP contribution in [0, 0.1) is 5.92 Å². The fraction of sp³-hybridized carbons (Fsp3) is 0.391. The van der Waals surface area contributed by atoms with Gasteiger partial charge in [0.2, 0.25) is 0 Å². The zero-order valence-electron chi connectivity index (χ0n) is 15.9. The van der Waals surface area contributed by atoms with E-state index < -0.39 is 0 Å². The van der Waals surface area contributed by atoms with Crippen molar-refractivity contribution in [2.75, 3.05) is 7.11 Å². The predicted octanol–water partition coefficient (Wildman–Crippen LogP) is 5.58. The molecule has 1 aliphatic rings. The largest absolute Gasteiger partial charge is 0.497 e. The monoisotopic (exact) mass is 362 g/mol. The zero-order valence-corrected chi connectivity index (χ0v) is 15.9. The van der Waals surface area contributed by atoms with Crippen LogP contribution in [0.1, 0.15) is 55.3 Å². The Balaban J connectivity index is 1.62. The van der Waals surface area contributed by atoms with Gasteiger partial charge in [-0.05, 0) is 37.1 Å². The highest BCUT2D eigenvalue weighted by atomic mass is 16.5. The molecular weight excluding hydrogens is 336 g/mol. The molecule has 1 aromatic carbocycles. The van der Waals surface area contributed by atoms with Crippen LogP contribution in [0.15, 0.2) is 48.8 Å². The standard InChI is InChI=1S/C23H26N2O2/c1-27-21-11-7-10-20(15-21)25-13-12-18-14-19(16-24-23(18)25)22(26)17-8-5-3-2-4-6-9-17/h7,10-17H,2-6,8-9H2,1H3. The van der Waals surface area contributed by atoms with Crippen LogP contribution in [0.25, 0.3) is 16.7 Å². The van der Waals surface area contributed by atoms with Crippen LogP contribution in [0.4, 0.5) is 0 Å². The average Bonchev–Trinajstić information content (AvgIpc) is 3.10. The van der Waals surface area contributed by atoms with Crippen LogP contribution in [0.2, 0.25) is 0 Å². The van der Waals surface area contributed by atoms with E-state index in [1.807, 2.05) is 47.2 Å². The fourth-order valence-electron chi connectivity index (χ4n) is 4.08. The molecule has 2 heterocycles. The highest BCUT2D eigenvalue weighted by Crippen LogP contribution is 2.27. The first-order valence-electron chi connectivity index (χ1n) is 9.92. The Kier molecular flexibility index (Phi) is 5.23. The summed E-state index contributed by atoms with van der Waals surface area (Å²) < 4.78 is 7.35. The molecule has 0 amide bonds. The van der Waals surface area contributed by atoms with E-state index in [0.717, 1.165) is 53.7 Å². The zero-order chi connectivity index (χ0) is 18.6. The second-order valence-electron chi connectivity index (χ2n) is 7.43. The molecule has 3 aromatic rings. The second-order valence-corrected chi connectivity index (χ2v) is 7.43. The van der Waals surface area contributed by atoms with Gasteiger partial charge in [-0.15, -0.1) is 0 Å². The SMILES string of the molecule is COc1cccc(-n2ccc3cc(C(=O)C4CCCCCCC4)cnc32)c1. The minimum absolute atomic E-state index is 0.157. The molecule has 0 unspecified atom stereocenters. The molecule has 4 heteroatoms. The van der Waals surface area contributed by atoms with Crippen LogP contribution < -0.4 is 4.74 Å². The third-order valence-corrected chi connectivity index (χ3v) is 5.62. The van der Waals surface area contributed by atoms with Gasteiger partial charge in [-0.1, -0.05) is 38.2 Å². The molecule has 0 N–H and O–H groups in total. The van der Waals surface area contributed by atoms with Crippen molar-refractivity contribution in [3.8, 4) is 11.4 Å².